The number of hydrogen-bond donors (Lipinski definition) is 0. The van der Waals surface area contributed by atoms with Crippen molar-refractivity contribution in [1.29, 1.82) is 0 Å². The highest BCUT2D eigenvalue weighted by atomic mass is 14.2. The Morgan fingerprint density at radius 2 is 0.583 bits per heavy atom. The van der Waals surface area contributed by atoms with E-state index in [1.54, 1.807) is 0 Å². The lowest BCUT2D eigenvalue weighted by molar-refractivity contribution is 1.63. The molecule has 0 heterocycles. The predicted octanol–water partition coefficient (Wildman–Crippen LogP) is 13.6. The first-order chi connectivity index (χ1) is 23.8. The molecule has 0 aliphatic carbocycles. The molecule has 10 rings (SSSR count). The molecule has 0 atom stereocenters. The highest BCUT2D eigenvalue weighted by Gasteiger charge is 2.18. The van der Waals surface area contributed by atoms with Gasteiger partial charge < -0.3 is 0 Å². The van der Waals surface area contributed by atoms with Gasteiger partial charge in [-0.1, -0.05) is 176 Å². The normalized spacial score (nSPS) is 11.8. The van der Waals surface area contributed by atoms with E-state index in [4.69, 9.17) is 0 Å². The van der Waals surface area contributed by atoms with Gasteiger partial charge in [0.2, 0.25) is 0 Å². The molecule has 48 heavy (non-hydrogen) atoms. The average molecular weight is 607 g/mol. The highest BCUT2D eigenvalue weighted by molar-refractivity contribution is 6.27. The van der Waals surface area contributed by atoms with Gasteiger partial charge in [0.1, 0.15) is 0 Å². The Bertz CT molecular complexity index is 2780. The Labute approximate surface area is 279 Å². The summed E-state index contributed by atoms with van der Waals surface area (Å²) in [6.07, 6.45) is 0. The standard InChI is InChI=1S/C48H30/c1-2-14-35-31(12-1)13-11-23-36(35)32-24-26-33(27-25-32)47-42-19-7-9-21-44(42)48(45-22-10-8-20-43(45)47)34-28-29-41-39-17-4-3-15-37(39)38-16-5-6-18-40(38)46(41)30-34/h1-30H. The maximum absolute atomic E-state index is 2.43. The minimum Gasteiger partial charge on any atom is -0.0616 e. The second kappa shape index (κ2) is 10.7. The minimum atomic E-state index is 1.23. The predicted molar refractivity (Wildman–Crippen MR) is 208 cm³/mol. The van der Waals surface area contributed by atoms with Crippen LogP contribution < -0.4 is 0 Å². The first-order valence-electron chi connectivity index (χ1n) is 16.7. The fraction of sp³-hybridized carbons (Fsp3) is 0. The molecule has 0 saturated carbocycles. The summed E-state index contributed by atoms with van der Waals surface area (Å²) in [7, 11) is 0. The number of rotatable bonds is 3. The Kier molecular flexibility index (Phi) is 5.98. The van der Waals surface area contributed by atoms with Crippen LogP contribution in [0.4, 0.5) is 0 Å². The molecule has 0 spiro atoms. The van der Waals surface area contributed by atoms with Crippen LogP contribution in [0.3, 0.4) is 0 Å². The summed E-state index contributed by atoms with van der Waals surface area (Å²) in [5.41, 5.74) is 7.54. The molecule has 0 unspecified atom stereocenters. The minimum absolute atomic E-state index is 1.23. The van der Waals surface area contributed by atoms with Gasteiger partial charge >= 0.3 is 0 Å². The number of benzene rings is 10. The van der Waals surface area contributed by atoms with E-state index < -0.39 is 0 Å². The van der Waals surface area contributed by atoms with Crippen molar-refractivity contribution in [2.45, 2.75) is 0 Å². The van der Waals surface area contributed by atoms with Crippen molar-refractivity contribution >= 4 is 64.6 Å². The van der Waals surface area contributed by atoms with Gasteiger partial charge in [-0.2, -0.15) is 0 Å². The molecule has 0 radical (unpaired) electrons. The summed E-state index contributed by atoms with van der Waals surface area (Å²) in [5.74, 6) is 0. The first-order valence-corrected chi connectivity index (χ1v) is 16.7. The molecule has 0 bridgehead atoms. The molecule has 0 nitrogen and oxygen atoms in total. The van der Waals surface area contributed by atoms with E-state index in [1.165, 1.54) is 98.0 Å². The third kappa shape index (κ3) is 4.03. The summed E-state index contributed by atoms with van der Waals surface area (Å²) in [6, 6.07) is 67.0. The van der Waals surface area contributed by atoms with Crippen molar-refractivity contribution in [1.82, 2.24) is 0 Å². The third-order valence-electron chi connectivity index (χ3n) is 10.2. The first kappa shape index (κ1) is 26.9. The Morgan fingerprint density at radius 1 is 0.208 bits per heavy atom. The van der Waals surface area contributed by atoms with E-state index in [2.05, 4.69) is 182 Å². The SMILES string of the molecule is c1ccc2c(-c3ccc(-c4c5ccccc5c(-c5ccc6c7ccccc7c7ccccc7c6c5)c5ccccc45)cc3)cccc2c1. The van der Waals surface area contributed by atoms with Gasteiger partial charge in [0.15, 0.2) is 0 Å². The van der Waals surface area contributed by atoms with Crippen LogP contribution in [0.25, 0.3) is 98.0 Å². The van der Waals surface area contributed by atoms with Crippen molar-refractivity contribution in [2.24, 2.45) is 0 Å². The van der Waals surface area contributed by atoms with E-state index >= 15 is 0 Å². The fourth-order valence-corrected chi connectivity index (χ4v) is 8.11. The second-order valence-corrected chi connectivity index (χ2v) is 12.8. The van der Waals surface area contributed by atoms with Crippen molar-refractivity contribution in [3.63, 3.8) is 0 Å². The number of hydrogen-bond acceptors (Lipinski definition) is 0. The molecule has 0 fully saturated rings. The lowest BCUT2D eigenvalue weighted by Crippen LogP contribution is -1.91. The average Bonchev–Trinajstić information content (AvgIpc) is 3.17. The molecular formula is C48H30. The van der Waals surface area contributed by atoms with Gasteiger partial charge in [-0.25, -0.2) is 0 Å². The van der Waals surface area contributed by atoms with Crippen LogP contribution in [0.2, 0.25) is 0 Å². The Balaban J connectivity index is 1.21. The molecule has 0 aromatic heterocycles. The molecule has 10 aromatic carbocycles. The molecular weight excluding hydrogens is 577 g/mol. The van der Waals surface area contributed by atoms with Crippen molar-refractivity contribution in [3.05, 3.63) is 182 Å². The summed E-state index contributed by atoms with van der Waals surface area (Å²) >= 11 is 0. The van der Waals surface area contributed by atoms with Crippen LogP contribution in [0.5, 0.6) is 0 Å². The fourth-order valence-electron chi connectivity index (χ4n) is 8.11. The molecule has 10 aromatic rings. The maximum atomic E-state index is 2.43. The smallest absolute Gasteiger partial charge is 0.00261 e. The molecule has 0 aliphatic heterocycles. The van der Waals surface area contributed by atoms with Gasteiger partial charge in [0, 0.05) is 0 Å². The van der Waals surface area contributed by atoms with E-state index in [0.29, 0.717) is 0 Å². The van der Waals surface area contributed by atoms with Crippen LogP contribution in [-0.2, 0) is 0 Å². The molecule has 0 saturated heterocycles. The van der Waals surface area contributed by atoms with Gasteiger partial charge in [-0.05, 0) is 104 Å². The number of fused-ring (bicyclic) bond motifs is 9. The van der Waals surface area contributed by atoms with Gasteiger partial charge in [0.05, 0.1) is 0 Å². The summed E-state index contributed by atoms with van der Waals surface area (Å²) in [6.45, 7) is 0. The van der Waals surface area contributed by atoms with Crippen LogP contribution >= 0.6 is 0 Å². The molecule has 0 N–H and O–H groups in total. The van der Waals surface area contributed by atoms with E-state index in [1.807, 2.05) is 0 Å². The highest BCUT2D eigenvalue weighted by Crippen LogP contribution is 2.45. The summed E-state index contributed by atoms with van der Waals surface area (Å²) in [5, 5.41) is 15.4. The Hall–Kier alpha value is -6.24. The second-order valence-electron chi connectivity index (χ2n) is 12.8. The molecule has 0 heteroatoms. The van der Waals surface area contributed by atoms with Gasteiger partial charge in [0.25, 0.3) is 0 Å². The third-order valence-corrected chi connectivity index (χ3v) is 10.2. The zero-order chi connectivity index (χ0) is 31.6. The van der Waals surface area contributed by atoms with Crippen molar-refractivity contribution < 1.29 is 0 Å². The van der Waals surface area contributed by atoms with E-state index in [-0.39, 0.29) is 0 Å². The quantitative estimate of drug-likeness (QED) is 0.139. The molecule has 0 aliphatic rings. The largest absolute Gasteiger partial charge is 0.0616 e. The van der Waals surface area contributed by atoms with E-state index in [9.17, 15) is 0 Å². The summed E-state index contributed by atoms with van der Waals surface area (Å²) in [4.78, 5) is 0. The zero-order valence-electron chi connectivity index (χ0n) is 26.3. The lowest BCUT2D eigenvalue weighted by Gasteiger charge is -2.19. The molecule has 222 valence electrons. The monoisotopic (exact) mass is 606 g/mol. The molecule has 0 amide bonds. The van der Waals surface area contributed by atoms with Crippen molar-refractivity contribution in [2.75, 3.05) is 0 Å². The van der Waals surface area contributed by atoms with Crippen LogP contribution in [0, 0.1) is 0 Å². The van der Waals surface area contributed by atoms with Gasteiger partial charge in [-0.3, -0.25) is 0 Å². The van der Waals surface area contributed by atoms with Crippen LogP contribution in [-0.4, -0.2) is 0 Å². The van der Waals surface area contributed by atoms with Gasteiger partial charge in [-0.15, -0.1) is 0 Å². The summed E-state index contributed by atoms with van der Waals surface area (Å²) < 4.78 is 0. The maximum Gasteiger partial charge on any atom is -0.00261 e. The van der Waals surface area contributed by atoms with Crippen molar-refractivity contribution in [3.8, 4) is 33.4 Å². The van der Waals surface area contributed by atoms with E-state index in [0.717, 1.165) is 0 Å². The van der Waals surface area contributed by atoms with Crippen LogP contribution in [0.15, 0.2) is 182 Å². The Morgan fingerprint density at radius 3 is 1.15 bits per heavy atom. The topological polar surface area (TPSA) is 0 Å². The lowest BCUT2D eigenvalue weighted by atomic mass is 9.84. The van der Waals surface area contributed by atoms with Crippen LogP contribution in [0.1, 0.15) is 0 Å². The zero-order valence-corrected chi connectivity index (χ0v) is 26.3.